The molecule has 3 aromatic rings. The molecule has 5 nitrogen and oxygen atoms in total. The molecule has 1 aliphatic heterocycles. The molecule has 1 saturated heterocycles. The first-order valence-corrected chi connectivity index (χ1v) is 10.1. The summed E-state index contributed by atoms with van der Waals surface area (Å²) in [7, 11) is 0. The number of halogens is 1. The maximum absolute atomic E-state index is 13.2. The summed E-state index contributed by atoms with van der Waals surface area (Å²) in [6.07, 6.45) is 2.60. The van der Waals surface area contributed by atoms with Crippen LogP contribution in [0.1, 0.15) is 22.3 Å². The zero-order chi connectivity index (χ0) is 21.1. The number of aromatic nitrogens is 1. The van der Waals surface area contributed by atoms with Crippen LogP contribution in [0.15, 0.2) is 71.7 Å². The Balaban J connectivity index is 1.45. The molecule has 1 unspecified atom stereocenters. The summed E-state index contributed by atoms with van der Waals surface area (Å²) in [6, 6.07) is 17.6. The summed E-state index contributed by atoms with van der Waals surface area (Å²) in [5, 5.41) is 2.94. The Bertz CT molecular complexity index is 1090. The number of hydrogen-bond acceptors (Lipinski definition) is 3. The van der Waals surface area contributed by atoms with E-state index < -0.39 is 5.56 Å². The minimum atomic E-state index is -0.406. The third kappa shape index (κ3) is 4.13. The number of nitrogens with zero attached hydrogens (tertiary/aromatic N) is 2. The summed E-state index contributed by atoms with van der Waals surface area (Å²) < 4.78 is 14.6. The van der Waals surface area contributed by atoms with Crippen LogP contribution in [0.25, 0.3) is 5.69 Å². The second kappa shape index (κ2) is 8.53. The SMILES string of the molecule is Cc1ccn(-c2ccc(F)cc2)c(=O)c1C(=O)NCC1CCN(c2ccccc2)C1. The fraction of sp³-hybridized carbons (Fsp3) is 0.250. The maximum Gasteiger partial charge on any atom is 0.268 e. The number of aryl methyl sites for hydroxylation is 1. The van der Waals surface area contributed by atoms with E-state index in [2.05, 4.69) is 22.3 Å². The molecule has 6 heteroatoms. The third-order valence-electron chi connectivity index (χ3n) is 5.59. The van der Waals surface area contributed by atoms with Gasteiger partial charge in [0.2, 0.25) is 0 Å². The first-order chi connectivity index (χ1) is 14.5. The van der Waals surface area contributed by atoms with E-state index in [4.69, 9.17) is 0 Å². The lowest BCUT2D eigenvalue weighted by atomic mass is 10.1. The number of carbonyl (C=O) groups is 1. The lowest BCUT2D eigenvalue weighted by Crippen LogP contribution is -2.36. The van der Waals surface area contributed by atoms with Gasteiger partial charge in [-0.3, -0.25) is 14.2 Å². The fourth-order valence-electron chi connectivity index (χ4n) is 3.91. The van der Waals surface area contributed by atoms with E-state index in [-0.39, 0.29) is 17.3 Å². The molecule has 1 amide bonds. The van der Waals surface area contributed by atoms with Crippen LogP contribution in [0.5, 0.6) is 0 Å². The van der Waals surface area contributed by atoms with Crippen molar-refractivity contribution in [1.82, 2.24) is 9.88 Å². The van der Waals surface area contributed by atoms with Crippen LogP contribution >= 0.6 is 0 Å². The normalized spacial score (nSPS) is 15.9. The van der Waals surface area contributed by atoms with Gasteiger partial charge in [0.1, 0.15) is 11.4 Å². The smallest absolute Gasteiger partial charge is 0.268 e. The van der Waals surface area contributed by atoms with Gasteiger partial charge >= 0.3 is 0 Å². The summed E-state index contributed by atoms with van der Waals surface area (Å²) in [5.41, 5.74) is 2.04. The number of rotatable bonds is 5. The number of anilines is 1. The molecular formula is C24H24FN3O2. The van der Waals surface area contributed by atoms with E-state index in [1.807, 2.05) is 18.2 Å². The molecule has 154 valence electrons. The number of nitrogens with one attached hydrogen (secondary N) is 1. The minimum absolute atomic E-state index is 0.125. The zero-order valence-corrected chi connectivity index (χ0v) is 16.8. The molecule has 0 spiro atoms. The Morgan fingerprint density at radius 3 is 2.53 bits per heavy atom. The van der Waals surface area contributed by atoms with Gasteiger partial charge in [0, 0.05) is 37.2 Å². The van der Waals surface area contributed by atoms with Crippen molar-refractivity contribution in [1.29, 1.82) is 0 Å². The highest BCUT2D eigenvalue weighted by Crippen LogP contribution is 2.23. The molecule has 1 atom stereocenters. The summed E-state index contributed by atoms with van der Waals surface area (Å²) in [5.74, 6) is -0.414. The van der Waals surface area contributed by atoms with Crippen molar-refractivity contribution in [3.8, 4) is 5.69 Å². The molecule has 4 rings (SSSR count). The van der Waals surface area contributed by atoms with Gasteiger partial charge in [0.25, 0.3) is 11.5 Å². The summed E-state index contributed by atoms with van der Waals surface area (Å²) in [4.78, 5) is 28.1. The highest BCUT2D eigenvalue weighted by molar-refractivity contribution is 5.95. The lowest BCUT2D eigenvalue weighted by Gasteiger charge is -2.19. The van der Waals surface area contributed by atoms with Crippen LogP contribution in [0, 0.1) is 18.7 Å². The van der Waals surface area contributed by atoms with Crippen molar-refractivity contribution in [3.63, 3.8) is 0 Å². The van der Waals surface area contributed by atoms with E-state index in [0.29, 0.717) is 23.7 Å². The molecule has 2 aromatic carbocycles. The van der Waals surface area contributed by atoms with Crippen molar-refractivity contribution in [3.05, 3.63) is 94.2 Å². The third-order valence-corrected chi connectivity index (χ3v) is 5.59. The molecule has 0 saturated carbocycles. The number of para-hydroxylation sites is 1. The topological polar surface area (TPSA) is 54.3 Å². The van der Waals surface area contributed by atoms with Crippen molar-refractivity contribution in [2.45, 2.75) is 13.3 Å². The molecule has 1 aromatic heterocycles. The van der Waals surface area contributed by atoms with Gasteiger partial charge in [-0.15, -0.1) is 0 Å². The van der Waals surface area contributed by atoms with Crippen LogP contribution in [0.4, 0.5) is 10.1 Å². The quantitative estimate of drug-likeness (QED) is 0.706. The van der Waals surface area contributed by atoms with Gasteiger partial charge in [-0.05, 0) is 67.3 Å². The van der Waals surface area contributed by atoms with E-state index in [1.165, 1.54) is 34.5 Å². The van der Waals surface area contributed by atoms with Gasteiger partial charge in [-0.1, -0.05) is 18.2 Å². The molecule has 0 aliphatic carbocycles. The summed E-state index contributed by atoms with van der Waals surface area (Å²) in [6.45, 7) is 4.09. The predicted octanol–water partition coefficient (Wildman–Crippen LogP) is 3.54. The minimum Gasteiger partial charge on any atom is -0.371 e. The average molecular weight is 405 g/mol. The van der Waals surface area contributed by atoms with E-state index in [0.717, 1.165) is 19.5 Å². The Hall–Kier alpha value is -3.41. The fourth-order valence-corrected chi connectivity index (χ4v) is 3.91. The van der Waals surface area contributed by atoms with Crippen LogP contribution in [-0.2, 0) is 0 Å². The van der Waals surface area contributed by atoms with E-state index in [9.17, 15) is 14.0 Å². The Labute approximate surface area is 174 Å². The molecule has 1 fully saturated rings. The second-order valence-corrected chi connectivity index (χ2v) is 7.67. The second-order valence-electron chi connectivity index (χ2n) is 7.67. The van der Waals surface area contributed by atoms with Crippen LogP contribution < -0.4 is 15.8 Å². The standard InChI is InChI=1S/C24H24FN3O2/c1-17-11-14-28(21-9-7-19(25)8-10-21)24(30)22(17)23(29)26-15-18-12-13-27(16-18)20-5-3-2-4-6-20/h2-11,14,18H,12-13,15-16H2,1H3,(H,26,29). The van der Waals surface area contributed by atoms with Crippen molar-refractivity contribution < 1.29 is 9.18 Å². The van der Waals surface area contributed by atoms with Gasteiger partial charge in [-0.2, -0.15) is 0 Å². The number of pyridine rings is 1. The first kappa shape index (κ1) is 19.9. The van der Waals surface area contributed by atoms with Gasteiger partial charge < -0.3 is 10.2 Å². The van der Waals surface area contributed by atoms with Crippen molar-refractivity contribution >= 4 is 11.6 Å². The molecule has 1 N–H and O–H groups in total. The van der Waals surface area contributed by atoms with Gasteiger partial charge in [0.05, 0.1) is 0 Å². The number of amides is 1. The number of hydrogen-bond donors (Lipinski definition) is 1. The molecule has 2 heterocycles. The van der Waals surface area contributed by atoms with Crippen molar-refractivity contribution in [2.75, 3.05) is 24.5 Å². The molecule has 1 aliphatic rings. The van der Waals surface area contributed by atoms with Gasteiger partial charge in [0.15, 0.2) is 0 Å². The van der Waals surface area contributed by atoms with Crippen LogP contribution in [-0.4, -0.2) is 30.1 Å². The van der Waals surface area contributed by atoms with E-state index >= 15 is 0 Å². The van der Waals surface area contributed by atoms with Crippen LogP contribution in [0.2, 0.25) is 0 Å². The Morgan fingerprint density at radius 1 is 1.07 bits per heavy atom. The van der Waals surface area contributed by atoms with Gasteiger partial charge in [-0.25, -0.2) is 4.39 Å². The van der Waals surface area contributed by atoms with E-state index in [1.54, 1.807) is 19.2 Å². The Morgan fingerprint density at radius 2 is 1.80 bits per heavy atom. The van der Waals surface area contributed by atoms with Crippen molar-refractivity contribution in [2.24, 2.45) is 5.92 Å². The zero-order valence-electron chi connectivity index (χ0n) is 16.8. The highest BCUT2D eigenvalue weighted by Gasteiger charge is 2.24. The molecule has 0 radical (unpaired) electrons. The lowest BCUT2D eigenvalue weighted by molar-refractivity contribution is 0.0946. The predicted molar refractivity (Wildman–Crippen MR) is 116 cm³/mol. The monoisotopic (exact) mass is 405 g/mol. The highest BCUT2D eigenvalue weighted by atomic mass is 19.1. The molecule has 30 heavy (non-hydrogen) atoms. The Kier molecular flexibility index (Phi) is 5.65. The molecule has 0 bridgehead atoms. The largest absolute Gasteiger partial charge is 0.371 e. The maximum atomic E-state index is 13.2. The average Bonchev–Trinajstić information content (AvgIpc) is 3.23. The first-order valence-electron chi connectivity index (χ1n) is 10.1. The number of benzene rings is 2. The summed E-state index contributed by atoms with van der Waals surface area (Å²) >= 11 is 0. The van der Waals surface area contributed by atoms with Crippen LogP contribution in [0.3, 0.4) is 0 Å². The number of carbonyl (C=O) groups excluding carboxylic acids is 1. The molecular weight excluding hydrogens is 381 g/mol.